The molecule has 1 N–H and O–H groups in total. The Morgan fingerprint density at radius 1 is 1.29 bits per heavy atom. The Balaban J connectivity index is 1.60. The van der Waals surface area contributed by atoms with Gasteiger partial charge in [0.15, 0.2) is 0 Å². The maximum atomic E-state index is 12.7. The van der Waals surface area contributed by atoms with Gasteiger partial charge in [0.05, 0.1) is 12.2 Å². The molecule has 0 aliphatic carbocycles. The van der Waals surface area contributed by atoms with Crippen LogP contribution in [0.2, 0.25) is 0 Å². The Kier molecular flexibility index (Phi) is 6.28. The van der Waals surface area contributed by atoms with Gasteiger partial charge in [-0.3, -0.25) is 14.7 Å². The molecule has 1 unspecified atom stereocenters. The zero-order valence-corrected chi connectivity index (χ0v) is 17.3. The lowest BCUT2D eigenvalue weighted by molar-refractivity contribution is -0.127. The fraction of sp³-hybridized carbons (Fsp3) is 0.500. The number of ether oxygens (including phenoxy) is 1. The predicted molar refractivity (Wildman–Crippen MR) is 108 cm³/mol. The van der Waals surface area contributed by atoms with Crippen LogP contribution in [0.3, 0.4) is 0 Å². The summed E-state index contributed by atoms with van der Waals surface area (Å²) in [7, 11) is 0. The van der Waals surface area contributed by atoms with E-state index in [4.69, 9.17) is 4.74 Å². The van der Waals surface area contributed by atoms with E-state index in [9.17, 15) is 9.59 Å². The van der Waals surface area contributed by atoms with Crippen molar-refractivity contribution >= 4 is 23.3 Å². The minimum Gasteiger partial charge on any atom is -0.444 e. The summed E-state index contributed by atoms with van der Waals surface area (Å²) in [6, 6.07) is 3.30. The fourth-order valence-corrected chi connectivity index (χ4v) is 3.81. The number of carbonyl (C=O) groups excluding carboxylic acids is 2. The van der Waals surface area contributed by atoms with Crippen LogP contribution in [-0.4, -0.2) is 45.1 Å². The molecule has 2 aromatic rings. The number of nitrogens with one attached hydrogen (secondary N) is 1. The molecule has 3 rings (SSSR count). The second kappa shape index (κ2) is 8.68. The molecule has 150 valence electrons. The first kappa shape index (κ1) is 20.3. The van der Waals surface area contributed by atoms with E-state index in [0.29, 0.717) is 19.5 Å². The third-order valence-electron chi connectivity index (χ3n) is 4.38. The van der Waals surface area contributed by atoms with E-state index >= 15 is 0 Å². The highest BCUT2D eigenvalue weighted by Gasteiger charge is 2.34. The topological polar surface area (TPSA) is 84.4 Å². The highest BCUT2D eigenvalue weighted by Crippen LogP contribution is 2.22. The van der Waals surface area contributed by atoms with Crippen LogP contribution in [0.25, 0.3) is 11.3 Å². The molecule has 0 bridgehead atoms. The molecule has 1 aliphatic heterocycles. The van der Waals surface area contributed by atoms with E-state index in [1.807, 2.05) is 38.3 Å². The Hall–Kier alpha value is -2.48. The van der Waals surface area contributed by atoms with Gasteiger partial charge in [-0.2, -0.15) is 0 Å². The van der Waals surface area contributed by atoms with Gasteiger partial charge >= 0.3 is 6.09 Å². The molecule has 0 spiro atoms. The van der Waals surface area contributed by atoms with E-state index in [1.165, 1.54) is 11.3 Å². The number of hydrogen-bond donors (Lipinski definition) is 1. The Bertz CT molecular complexity index is 816. The number of piperidine rings is 1. The summed E-state index contributed by atoms with van der Waals surface area (Å²) < 4.78 is 5.46. The molecule has 1 saturated heterocycles. The molecular weight excluding hydrogens is 376 g/mol. The average Bonchev–Trinajstić information content (AvgIpc) is 3.14. The lowest BCUT2D eigenvalue weighted by Crippen LogP contribution is -2.52. The summed E-state index contributed by atoms with van der Waals surface area (Å²) in [5.41, 5.74) is 1.27. The Labute approximate surface area is 169 Å². The molecular formula is C20H26N4O3S. The van der Waals surface area contributed by atoms with Crippen molar-refractivity contribution in [2.24, 2.45) is 0 Å². The van der Waals surface area contributed by atoms with Crippen LogP contribution >= 0.6 is 11.3 Å². The summed E-state index contributed by atoms with van der Waals surface area (Å²) in [6.45, 7) is 6.36. The number of pyridine rings is 1. The van der Waals surface area contributed by atoms with Crippen LogP contribution in [0.4, 0.5) is 4.79 Å². The van der Waals surface area contributed by atoms with E-state index < -0.39 is 17.7 Å². The number of carbonyl (C=O) groups is 2. The van der Waals surface area contributed by atoms with Crippen LogP contribution in [0.15, 0.2) is 29.9 Å². The smallest absolute Gasteiger partial charge is 0.410 e. The highest BCUT2D eigenvalue weighted by atomic mass is 32.1. The van der Waals surface area contributed by atoms with E-state index in [0.717, 1.165) is 29.1 Å². The highest BCUT2D eigenvalue weighted by molar-refractivity contribution is 7.09. The standard InChI is InChI=1S/C20H26N4O3S/c1-20(2,3)27-19(26)24-11-5-4-6-16(24)18(25)22-12-17-23-15(13-28-17)14-7-9-21-10-8-14/h7-10,13,16H,4-6,11-12H2,1-3H3,(H,22,25). The summed E-state index contributed by atoms with van der Waals surface area (Å²) in [5.74, 6) is -0.161. The molecule has 1 fully saturated rings. The maximum Gasteiger partial charge on any atom is 0.410 e. The van der Waals surface area contributed by atoms with Crippen molar-refractivity contribution in [3.63, 3.8) is 0 Å². The molecule has 7 nitrogen and oxygen atoms in total. The van der Waals surface area contributed by atoms with Crippen LogP contribution in [0, 0.1) is 0 Å². The molecule has 2 aromatic heterocycles. The number of rotatable bonds is 4. The lowest BCUT2D eigenvalue weighted by atomic mass is 10.0. The SMILES string of the molecule is CC(C)(C)OC(=O)N1CCCCC1C(=O)NCc1nc(-c2ccncc2)cs1. The van der Waals surface area contributed by atoms with Crippen molar-refractivity contribution in [3.8, 4) is 11.3 Å². The van der Waals surface area contributed by atoms with Gasteiger partial charge in [-0.15, -0.1) is 11.3 Å². The van der Waals surface area contributed by atoms with Gasteiger partial charge in [0.2, 0.25) is 5.91 Å². The average molecular weight is 403 g/mol. The molecule has 28 heavy (non-hydrogen) atoms. The first-order chi connectivity index (χ1) is 13.3. The number of thiazole rings is 1. The van der Waals surface area contributed by atoms with Gasteiger partial charge in [-0.05, 0) is 52.2 Å². The summed E-state index contributed by atoms with van der Waals surface area (Å²) >= 11 is 1.50. The van der Waals surface area contributed by atoms with Gasteiger partial charge in [-0.1, -0.05) is 0 Å². The normalized spacial score (nSPS) is 17.2. The minimum atomic E-state index is -0.584. The molecule has 0 aromatic carbocycles. The third-order valence-corrected chi connectivity index (χ3v) is 5.22. The molecule has 0 saturated carbocycles. The van der Waals surface area contributed by atoms with Crippen molar-refractivity contribution < 1.29 is 14.3 Å². The van der Waals surface area contributed by atoms with Gasteiger partial charge in [0, 0.05) is 29.9 Å². The first-order valence-electron chi connectivity index (χ1n) is 9.45. The molecule has 1 atom stereocenters. The molecule has 1 aliphatic rings. The number of nitrogens with zero attached hydrogens (tertiary/aromatic N) is 3. The number of hydrogen-bond acceptors (Lipinski definition) is 6. The van der Waals surface area contributed by atoms with Gasteiger partial charge < -0.3 is 10.1 Å². The number of aromatic nitrogens is 2. The summed E-state index contributed by atoms with van der Waals surface area (Å²) in [5, 5.41) is 5.71. The van der Waals surface area contributed by atoms with Gasteiger partial charge in [0.25, 0.3) is 0 Å². The zero-order valence-electron chi connectivity index (χ0n) is 16.5. The van der Waals surface area contributed by atoms with Crippen molar-refractivity contribution in [2.45, 2.75) is 58.2 Å². The fourth-order valence-electron chi connectivity index (χ4n) is 3.07. The second-order valence-electron chi connectivity index (χ2n) is 7.77. The van der Waals surface area contributed by atoms with E-state index in [1.54, 1.807) is 17.3 Å². The Morgan fingerprint density at radius 2 is 2.04 bits per heavy atom. The third kappa shape index (κ3) is 5.28. The molecule has 8 heteroatoms. The minimum absolute atomic E-state index is 0.161. The Morgan fingerprint density at radius 3 is 2.75 bits per heavy atom. The van der Waals surface area contributed by atoms with Crippen LogP contribution in [-0.2, 0) is 16.1 Å². The largest absolute Gasteiger partial charge is 0.444 e. The summed E-state index contributed by atoms with van der Waals surface area (Å²) in [4.78, 5) is 35.3. The molecule has 0 radical (unpaired) electrons. The van der Waals surface area contributed by atoms with Crippen LogP contribution in [0.1, 0.15) is 45.0 Å². The van der Waals surface area contributed by atoms with Crippen molar-refractivity contribution in [1.82, 2.24) is 20.2 Å². The maximum absolute atomic E-state index is 12.7. The van der Waals surface area contributed by atoms with E-state index in [2.05, 4.69) is 15.3 Å². The quantitative estimate of drug-likeness (QED) is 0.844. The number of likely N-dealkylation sites (tertiary alicyclic amines) is 1. The van der Waals surface area contributed by atoms with Crippen molar-refractivity contribution in [3.05, 3.63) is 34.9 Å². The zero-order chi connectivity index (χ0) is 20.1. The van der Waals surface area contributed by atoms with Crippen molar-refractivity contribution in [2.75, 3.05) is 6.54 Å². The monoisotopic (exact) mass is 402 g/mol. The van der Waals surface area contributed by atoms with Gasteiger partial charge in [0.1, 0.15) is 16.7 Å². The predicted octanol–water partition coefficient (Wildman–Crippen LogP) is 3.61. The van der Waals surface area contributed by atoms with Crippen LogP contribution in [0.5, 0.6) is 0 Å². The van der Waals surface area contributed by atoms with Crippen molar-refractivity contribution in [1.29, 1.82) is 0 Å². The molecule has 3 heterocycles. The van der Waals surface area contributed by atoms with Gasteiger partial charge in [-0.25, -0.2) is 9.78 Å². The van der Waals surface area contributed by atoms with Crippen LogP contribution < -0.4 is 5.32 Å². The lowest BCUT2D eigenvalue weighted by Gasteiger charge is -2.35. The second-order valence-corrected chi connectivity index (χ2v) is 8.71. The molecule has 2 amide bonds. The number of amides is 2. The van der Waals surface area contributed by atoms with E-state index in [-0.39, 0.29) is 5.91 Å². The summed E-state index contributed by atoms with van der Waals surface area (Å²) in [6.07, 6.45) is 5.47. The first-order valence-corrected chi connectivity index (χ1v) is 10.3.